The number of nitrogens with zero attached hydrogens (tertiary/aromatic N) is 2. The van der Waals surface area contributed by atoms with E-state index < -0.39 is 9.84 Å². The fourth-order valence-corrected chi connectivity index (χ4v) is 5.83. The second-order valence-corrected chi connectivity index (χ2v) is 10.5. The maximum absolute atomic E-state index is 12.5. The summed E-state index contributed by atoms with van der Waals surface area (Å²) < 4.78 is 33.8. The summed E-state index contributed by atoms with van der Waals surface area (Å²) in [5.41, 5.74) is 0.969. The normalized spacial score (nSPS) is 12.3. The number of methoxy groups -OCH3 is 1. The van der Waals surface area contributed by atoms with Crippen LogP contribution in [-0.2, 0) is 21.2 Å². The van der Waals surface area contributed by atoms with E-state index in [1.54, 1.807) is 18.2 Å². The zero-order chi connectivity index (χ0) is 21.7. The number of aromatic nitrogens is 1. The first-order valence-electron chi connectivity index (χ1n) is 9.18. The van der Waals surface area contributed by atoms with Crippen LogP contribution in [0.5, 0.6) is 5.75 Å². The smallest absolute Gasteiger partial charge is 0.248 e. The molecule has 0 atom stereocenters. The summed E-state index contributed by atoms with van der Waals surface area (Å²) in [5, 5.41) is 0. The number of thiazole rings is 1. The van der Waals surface area contributed by atoms with Gasteiger partial charge in [0, 0.05) is 17.4 Å². The highest BCUT2D eigenvalue weighted by Gasteiger charge is 2.15. The molecule has 0 saturated heterocycles. The van der Waals surface area contributed by atoms with Crippen LogP contribution < -0.4 is 9.54 Å². The minimum Gasteiger partial charge on any atom is -0.497 e. The predicted octanol–water partition coefficient (Wildman–Crippen LogP) is 4.34. The van der Waals surface area contributed by atoms with Crippen molar-refractivity contribution in [2.45, 2.75) is 24.3 Å². The third-order valence-electron chi connectivity index (χ3n) is 4.40. The number of hydrogen-bond donors (Lipinski definition) is 0. The standard InChI is InChI=1S/C21H21BrN2O4S2/c1-3-12-24-18-11-6-15(22)14-19(18)29-21(24)23-20(25)5-4-13-30(26,27)17-9-7-16(28-2)8-10-17/h3,6-11,14H,1,4-5,12-13H2,2H3. The topological polar surface area (TPSA) is 77.7 Å². The van der Waals surface area contributed by atoms with Gasteiger partial charge in [0.05, 0.1) is 28.0 Å². The molecule has 30 heavy (non-hydrogen) atoms. The predicted molar refractivity (Wildman–Crippen MR) is 123 cm³/mol. The van der Waals surface area contributed by atoms with Crippen molar-refractivity contribution < 1.29 is 17.9 Å². The van der Waals surface area contributed by atoms with E-state index in [2.05, 4.69) is 27.5 Å². The average molecular weight is 509 g/mol. The number of sulfone groups is 1. The van der Waals surface area contributed by atoms with E-state index in [0.717, 1.165) is 14.7 Å². The Morgan fingerprint density at radius 1 is 1.27 bits per heavy atom. The van der Waals surface area contributed by atoms with E-state index in [0.29, 0.717) is 17.1 Å². The lowest BCUT2D eigenvalue weighted by Crippen LogP contribution is -2.16. The van der Waals surface area contributed by atoms with Gasteiger partial charge in [-0.2, -0.15) is 4.99 Å². The van der Waals surface area contributed by atoms with Crippen LogP contribution in [0.25, 0.3) is 10.2 Å². The molecule has 0 radical (unpaired) electrons. The summed E-state index contributed by atoms with van der Waals surface area (Å²) in [6.45, 7) is 4.30. The molecule has 0 bridgehead atoms. The second kappa shape index (κ2) is 9.72. The zero-order valence-electron chi connectivity index (χ0n) is 16.4. The highest BCUT2D eigenvalue weighted by atomic mass is 79.9. The van der Waals surface area contributed by atoms with Crippen LogP contribution in [0.15, 0.2) is 69.5 Å². The van der Waals surface area contributed by atoms with Gasteiger partial charge in [-0.05, 0) is 48.9 Å². The maximum atomic E-state index is 12.5. The minimum absolute atomic E-state index is 0.0570. The summed E-state index contributed by atoms with van der Waals surface area (Å²) in [6, 6.07) is 12.1. The molecule has 0 N–H and O–H groups in total. The van der Waals surface area contributed by atoms with Crippen LogP contribution in [0.3, 0.4) is 0 Å². The number of allylic oxidation sites excluding steroid dienone is 1. The number of halogens is 1. The first kappa shape index (κ1) is 22.5. The van der Waals surface area contributed by atoms with Crippen molar-refractivity contribution in [3.05, 3.63) is 64.4 Å². The molecule has 1 amide bonds. The lowest BCUT2D eigenvalue weighted by atomic mass is 10.3. The van der Waals surface area contributed by atoms with Crippen LogP contribution in [-0.4, -0.2) is 31.8 Å². The number of benzene rings is 2. The molecule has 3 aromatic rings. The number of rotatable bonds is 8. The van der Waals surface area contributed by atoms with E-state index in [9.17, 15) is 13.2 Å². The van der Waals surface area contributed by atoms with Gasteiger partial charge in [-0.1, -0.05) is 33.3 Å². The summed E-state index contributed by atoms with van der Waals surface area (Å²) in [5.74, 6) is 0.126. The van der Waals surface area contributed by atoms with Gasteiger partial charge in [-0.15, -0.1) is 6.58 Å². The number of carbonyl (C=O) groups is 1. The van der Waals surface area contributed by atoms with E-state index in [-0.39, 0.29) is 29.4 Å². The molecule has 158 valence electrons. The van der Waals surface area contributed by atoms with Crippen LogP contribution in [0.2, 0.25) is 0 Å². The lowest BCUT2D eigenvalue weighted by Gasteiger charge is -2.05. The fourth-order valence-electron chi connectivity index (χ4n) is 2.91. The first-order valence-corrected chi connectivity index (χ1v) is 12.4. The molecule has 1 aromatic heterocycles. The summed E-state index contributed by atoms with van der Waals surface area (Å²) in [7, 11) is -1.95. The number of amides is 1. The number of hydrogen-bond acceptors (Lipinski definition) is 5. The van der Waals surface area contributed by atoms with Crippen molar-refractivity contribution >= 4 is 53.2 Å². The molecule has 9 heteroatoms. The van der Waals surface area contributed by atoms with Crippen LogP contribution in [0, 0.1) is 0 Å². The SMILES string of the molecule is C=CCn1c(=NC(=O)CCCS(=O)(=O)c2ccc(OC)cc2)sc2cc(Br)ccc21. The van der Waals surface area contributed by atoms with E-state index in [1.165, 1.54) is 30.6 Å². The van der Waals surface area contributed by atoms with Gasteiger partial charge in [0.25, 0.3) is 0 Å². The van der Waals surface area contributed by atoms with Crippen molar-refractivity contribution in [2.24, 2.45) is 4.99 Å². The van der Waals surface area contributed by atoms with Gasteiger partial charge in [-0.3, -0.25) is 4.79 Å². The Balaban J connectivity index is 1.72. The maximum Gasteiger partial charge on any atom is 0.248 e. The Hall–Kier alpha value is -2.23. The van der Waals surface area contributed by atoms with Crippen molar-refractivity contribution in [1.82, 2.24) is 4.57 Å². The van der Waals surface area contributed by atoms with Crippen LogP contribution in [0.1, 0.15) is 12.8 Å². The van der Waals surface area contributed by atoms with Crippen molar-refractivity contribution in [3.63, 3.8) is 0 Å². The summed E-state index contributed by atoms with van der Waals surface area (Å²) >= 11 is 4.87. The molecule has 0 aliphatic rings. The minimum atomic E-state index is -3.47. The van der Waals surface area contributed by atoms with Gasteiger partial charge >= 0.3 is 0 Å². The molecule has 0 fully saturated rings. The highest BCUT2D eigenvalue weighted by Crippen LogP contribution is 2.22. The largest absolute Gasteiger partial charge is 0.497 e. The van der Waals surface area contributed by atoms with Gasteiger partial charge in [0.15, 0.2) is 14.6 Å². The summed E-state index contributed by atoms with van der Waals surface area (Å²) in [4.78, 5) is 17.4. The molecular weight excluding hydrogens is 488 g/mol. The first-order chi connectivity index (χ1) is 14.3. The van der Waals surface area contributed by atoms with E-state index in [4.69, 9.17) is 4.74 Å². The molecule has 2 aromatic carbocycles. The Morgan fingerprint density at radius 3 is 2.67 bits per heavy atom. The van der Waals surface area contributed by atoms with Gasteiger partial charge in [0.2, 0.25) is 5.91 Å². The highest BCUT2D eigenvalue weighted by molar-refractivity contribution is 9.10. The van der Waals surface area contributed by atoms with Crippen molar-refractivity contribution in [2.75, 3.05) is 12.9 Å². The van der Waals surface area contributed by atoms with Gasteiger partial charge in [0.1, 0.15) is 5.75 Å². The van der Waals surface area contributed by atoms with Crippen LogP contribution in [0.4, 0.5) is 0 Å². The third-order valence-corrected chi connectivity index (χ3v) is 7.75. The zero-order valence-corrected chi connectivity index (χ0v) is 19.6. The molecule has 6 nitrogen and oxygen atoms in total. The monoisotopic (exact) mass is 508 g/mol. The van der Waals surface area contributed by atoms with Crippen molar-refractivity contribution in [3.8, 4) is 5.75 Å². The molecular formula is C21H21BrN2O4S2. The molecule has 0 aliphatic heterocycles. The lowest BCUT2D eigenvalue weighted by molar-refractivity contribution is -0.118. The molecule has 3 rings (SSSR count). The number of ether oxygens (including phenoxy) is 1. The number of carbonyl (C=O) groups excluding carboxylic acids is 1. The van der Waals surface area contributed by atoms with Gasteiger partial charge < -0.3 is 9.30 Å². The Bertz CT molecular complexity index is 1240. The van der Waals surface area contributed by atoms with Crippen LogP contribution >= 0.6 is 27.3 Å². The average Bonchev–Trinajstić information content (AvgIpc) is 3.04. The number of fused-ring (bicyclic) bond motifs is 1. The van der Waals surface area contributed by atoms with E-state index >= 15 is 0 Å². The third kappa shape index (κ3) is 5.27. The molecule has 0 aliphatic carbocycles. The fraction of sp³-hybridized carbons (Fsp3) is 0.238. The molecule has 1 heterocycles. The Labute approximate surface area is 187 Å². The Morgan fingerprint density at radius 2 is 2.00 bits per heavy atom. The molecule has 0 unspecified atom stereocenters. The second-order valence-electron chi connectivity index (χ2n) is 6.50. The van der Waals surface area contributed by atoms with Crippen molar-refractivity contribution in [1.29, 1.82) is 0 Å². The Kier molecular flexibility index (Phi) is 7.27. The van der Waals surface area contributed by atoms with E-state index in [1.807, 2.05) is 22.8 Å². The quantitative estimate of drug-likeness (QED) is 0.424. The molecule has 0 saturated carbocycles. The summed E-state index contributed by atoms with van der Waals surface area (Å²) in [6.07, 6.45) is 2.01. The molecule has 0 spiro atoms. The van der Waals surface area contributed by atoms with Gasteiger partial charge in [-0.25, -0.2) is 8.42 Å².